The third kappa shape index (κ3) is 5.36. The average molecular weight is 470 g/mol. The number of carbonyl (C=O) groups excluding carboxylic acids is 2. The van der Waals surface area contributed by atoms with E-state index in [9.17, 15) is 9.59 Å². The van der Waals surface area contributed by atoms with Crippen LogP contribution in [0.4, 0.5) is 11.4 Å². The maximum atomic E-state index is 12.7. The van der Waals surface area contributed by atoms with Gasteiger partial charge in [0.2, 0.25) is 6.04 Å². The van der Waals surface area contributed by atoms with Crippen molar-refractivity contribution in [3.05, 3.63) is 34.3 Å². The van der Waals surface area contributed by atoms with E-state index in [-0.39, 0.29) is 33.6 Å². The van der Waals surface area contributed by atoms with Crippen LogP contribution >= 0.6 is 23.2 Å². The Morgan fingerprint density at radius 3 is 2.10 bits per heavy atom. The number of hydrogen-bond acceptors (Lipinski definition) is 8. The summed E-state index contributed by atoms with van der Waals surface area (Å²) in [6.45, 7) is 1.22. The van der Waals surface area contributed by atoms with E-state index in [4.69, 9.17) is 42.1 Å². The first-order valence-electron chi connectivity index (χ1n) is 8.82. The van der Waals surface area contributed by atoms with Crippen LogP contribution in [0.15, 0.2) is 34.5 Å². The van der Waals surface area contributed by atoms with E-state index >= 15 is 0 Å². The van der Waals surface area contributed by atoms with Gasteiger partial charge in [-0.2, -0.15) is 10.2 Å². The second-order valence-electron chi connectivity index (χ2n) is 6.01. The molecule has 0 spiro atoms. The highest BCUT2D eigenvalue weighted by molar-refractivity contribution is 6.35. The minimum Gasteiger partial charge on any atom is -0.493 e. The van der Waals surface area contributed by atoms with Gasteiger partial charge in [0.15, 0.2) is 28.8 Å². The van der Waals surface area contributed by atoms with Crippen LogP contribution in [0.25, 0.3) is 0 Å². The van der Waals surface area contributed by atoms with Gasteiger partial charge in [-0.15, -0.1) is 0 Å². The first-order valence-corrected chi connectivity index (χ1v) is 9.57. The molecule has 1 N–H and O–H groups in total. The number of ether oxygens (including phenoxy) is 4. The zero-order valence-corrected chi connectivity index (χ0v) is 19.0. The highest BCUT2D eigenvalue weighted by atomic mass is 35.5. The molecule has 0 aliphatic rings. The van der Waals surface area contributed by atoms with Crippen molar-refractivity contribution in [3.8, 4) is 23.0 Å². The lowest BCUT2D eigenvalue weighted by atomic mass is 10.2. The summed E-state index contributed by atoms with van der Waals surface area (Å²) in [6.07, 6.45) is 0. The fourth-order valence-electron chi connectivity index (χ4n) is 2.62. The van der Waals surface area contributed by atoms with Gasteiger partial charge in [-0.25, -0.2) is 0 Å². The first kappa shape index (κ1) is 24.2. The molecule has 2 rings (SSSR count). The first-order chi connectivity index (χ1) is 14.8. The van der Waals surface area contributed by atoms with Crippen LogP contribution in [0, 0.1) is 0 Å². The third-order valence-corrected chi connectivity index (χ3v) is 4.78. The lowest BCUT2D eigenvalue weighted by Crippen LogP contribution is -2.32. The molecule has 1 atom stereocenters. The van der Waals surface area contributed by atoms with Gasteiger partial charge in [0.1, 0.15) is 10.7 Å². The Balaban J connectivity index is 2.34. The van der Waals surface area contributed by atoms with Crippen molar-refractivity contribution in [1.29, 1.82) is 0 Å². The number of benzene rings is 2. The number of carbonyl (C=O) groups is 2. The van der Waals surface area contributed by atoms with Crippen LogP contribution < -0.4 is 24.3 Å². The van der Waals surface area contributed by atoms with Crippen LogP contribution in [-0.4, -0.2) is 46.2 Å². The molecule has 9 nitrogen and oxygen atoms in total. The smallest absolute Gasteiger partial charge is 0.258 e. The SMILES string of the molecule is COc1ccc(NC(=O)C(N=Nc2ccc(Cl)c(OC)c2OC)C(C)=O)c(Cl)c1OC. The van der Waals surface area contributed by atoms with E-state index in [2.05, 4.69) is 15.5 Å². The van der Waals surface area contributed by atoms with E-state index < -0.39 is 17.7 Å². The molecule has 0 fully saturated rings. The van der Waals surface area contributed by atoms with Gasteiger partial charge in [-0.05, 0) is 31.2 Å². The number of amides is 1. The van der Waals surface area contributed by atoms with Crippen LogP contribution in [0.2, 0.25) is 10.0 Å². The number of ketones is 1. The molecule has 166 valence electrons. The van der Waals surface area contributed by atoms with Crippen LogP contribution in [0.1, 0.15) is 6.92 Å². The molecule has 0 aliphatic carbocycles. The predicted octanol–water partition coefficient (Wildman–Crippen LogP) is 4.71. The summed E-state index contributed by atoms with van der Waals surface area (Å²) >= 11 is 12.3. The van der Waals surface area contributed by atoms with Gasteiger partial charge in [0, 0.05) is 0 Å². The summed E-state index contributed by atoms with van der Waals surface area (Å²) in [7, 11) is 5.69. The van der Waals surface area contributed by atoms with Gasteiger partial charge in [-0.1, -0.05) is 23.2 Å². The molecule has 0 saturated heterocycles. The molecule has 0 radical (unpaired) electrons. The van der Waals surface area contributed by atoms with E-state index in [0.717, 1.165) is 0 Å². The van der Waals surface area contributed by atoms with E-state index in [1.807, 2.05) is 0 Å². The van der Waals surface area contributed by atoms with Crippen LogP contribution in [0.5, 0.6) is 23.0 Å². The zero-order valence-electron chi connectivity index (χ0n) is 17.5. The molecule has 31 heavy (non-hydrogen) atoms. The fraction of sp³-hybridized carbons (Fsp3) is 0.300. The average Bonchev–Trinajstić information content (AvgIpc) is 2.75. The molecule has 1 amide bonds. The highest BCUT2D eigenvalue weighted by Crippen LogP contribution is 2.43. The van der Waals surface area contributed by atoms with Crippen LogP contribution in [-0.2, 0) is 9.59 Å². The molecule has 0 saturated carbocycles. The minimum atomic E-state index is -1.43. The Labute approximate surface area is 189 Å². The number of anilines is 1. The summed E-state index contributed by atoms with van der Waals surface area (Å²) < 4.78 is 20.8. The summed E-state index contributed by atoms with van der Waals surface area (Å²) in [5, 5.41) is 10.9. The molecular formula is C20H21Cl2N3O6. The Morgan fingerprint density at radius 2 is 1.55 bits per heavy atom. The lowest BCUT2D eigenvalue weighted by molar-refractivity contribution is -0.126. The number of hydrogen-bond donors (Lipinski definition) is 1. The summed E-state index contributed by atoms with van der Waals surface area (Å²) in [6, 6.07) is 4.70. The maximum Gasteiger partial charge on any atom is 0.258 e. The number of nitrogens with zero attached hydrogens (tertiary/aromatic N) is 2. The topological polar surface area (TPSA) is 108 Å². The summed E-state index contributed by atoms with van der Waals surface area (Å²) in [4.78, 5) is 24.8. The molecule has 2 aromatic carbocycles. The Kier molecular flexibility index (Phi) is 8.47. The third-order valence-electron chi connectivity index (χ3n) is 4.11. The number of methoxy groups -OCH3 is 4. The monoisotopic (exact) mass is 469 g/mol. The fourth-order valence-corrected chi connectivity index (χ4v) is 3.13. The molecule has 1 unspecified atom stereocenters. The van der Waals surface area contributed by atoms with Gasteiger partial charge in [-0.3, -0.25) is 9.59 Å². The molecular weight excluding hydrogens is 449 g/mol. The number of halogens is 2. The molecule has 0 heterocycles. The van der Waals surface area contributed by atoms with Crippen molar-refractivity contribution in [1.82, 2.24) is 0 Å². The standard InChI is InChI=1S/C20H21Cl2N3O6/c1-10(26)16(25-24-13-7-6-11(21)17(29-3)18(13)30-4)20(27)23-12-8-9-14(28-2)19(31-5)15(12)22/h6-9,16H,1-5H3,(H,23,27). The van der Waals surface area contributed by atoms with E-state index in [1.165, 1.54) is 53.6 Å². The Morgan fingerprint density at radius 1 is 0.903 bits per heavy atom. The van der Waals surface area contributed by atoms with Crippen molar-refractivity contribution in [2.24, 2.45) is 10.2 Å². The quantitative estimate of drug-likeness (QED) is 0.420. The lowest BCUT2D eigenvalue weighted by Gasteiger charge is -2.15. The van der Waals surface area contributed by atoms with Crippen molar-refractivity contribution in [2.45, 2.75) is 13.0 Å². The largest absolute Gasteiger partial charge is 0.493 e. The molecule has 0 aromatic heterocycles. The second-order valence-corrected chi connectivity index (χ2v) is 6.80. The normalized spacial score (nSPS) is 11.7. The minimum absolute atomic E-state index is 0.110. The summed E-state index contributed by atoms with van der Waals surface area (Å²) in [5.74, 6) is -0.174. The second kappa shape index (κ2) is 10.8. The Bertz CT molecular complexity index is 1010. The highest BCUT2D eigenvalue weighted by Gasteiger charge is 2.25. The van der Waals surface area contributed by atoms with Gasteiger partial charge in [0.25, 0.3) is 5.91 Å². The Hall–Kier alpha value is -3.04. The number of azo groups is 1. The number of rotatable bonds is 9. The van der Waals surface area contributed by atoms with Gasteiger partial charge < -0.3 is 24.3 Å². The molecule has 11 heteroatoms. The van der Waals surface area contributed by atoms with E-state index in [1.54, 1.807) is 6.07 Å². The molecule has 2 aromatic rings. The van der Waals surface area contributed by atoms with Crippen molar-refractivity contribution < 1.29 is 28.5 Å². The van der Waals surface area contributed by atoms with Crippen LogP contribution in [0.3, 0.4) is 0 Å². The van der Waals surface area contributed by atoms with Crippen molar-refractivity contribution in [2.75, 3.05) is 33.8 Å². The van der Waals surface area contributed by atoms with Crippen molar-refractivity contribution >= 4 is 46.3 Å². The van der Waals surface area contributed by atoms with Gasteiger partial charge in [0.05, 0.1) is 39.1 Å². The maximum absolute atomic E-state index is 12.7. The zero-order chi connectivity index (χ0) is 23.1. The number of Topliss-reactive ketones (excluding diaryl/α,β-unsaturated/α-hetero) is 1. The molecule has 0 aliphatic heterocycles. The predicted molar refractivity (Wildman–Crippen MR) is 117 cm³/mol. The molecule has 0 bridgehead atoms. The van der Waals surface area contributed by atoms with Gasteiger partial charge >= 0.3 is 0 Å². The summed E-state index contributed by atoms with van der Waals surface area (Å²) in [5.41, 5.74) is 0.448. The van der Waals surface area contributed by atoms with Crippen molar-refractivity contribution in [3.63, 3.8) is 0 Å². The van der Waals surface area contributed by atoms with E-state index in [0.29, 0.717) is 10.8 Å². The number of nitrogens with one attached hydrogen (secondary N) is 1.